The zero-order valence-corrected chi connectivity index (χ0v) is 14.8. The van der Waals surface area contributed by atoms with Crippen LogP contribution in [-0.2, 0) is 11.3 Å². The molecule has 21 heavy (non-hydrogen) atoms. The second-order valence-electron chi connectivity index (χ2n) is 4.86. The summed E-state index contributed by atoms with van der Waals surface area (Å²) in [6.07, 6.45) is 1.07. The Bertz CT molecular complexity index is 616. The number of hydrogen-bond donors (Lipinski definition) is 1. The van der Waals surface area contributed by atoms with E-state index < -0.39 is 0 Å². The molecule has 0 aliphatic rings. The van der Waals surface area contributed by atoms with Crippen LogP contribution < -0.4 is 5.32 Å². The van der Waals surface area contributed by atoms with Crippen molar-refractivity contribution in [1.82, 2.24) is 9.97 Å². The van der Waals surface area contributed by atoms with Gasteiger partial charge in [0.2, 0.25) is 0 Å². The second kappa shape index (κ2) is 7.70. The van der Waals surface area contributed by atoms with Crippen molar-refractivity contribution in [1.29, 1.82) is 0 Å². The third kappa shape index (κ3) is 4.14. The van der Waals surface area contributed by atoms with Gasteiger partial charge in [0.25, 0.3) is 0 Å². The van der Waals surface area contributed by atoms with Gasteiger partial charge in [0.15, 0.2) is 5.82 Å². The van der Waals surface area contributed by atoms with Crippen LogP contribution in [0.5, 0.6) is 0 Å². The summed E-state index contributed by atoms with van der Waals surface area (Å²) in [5, 5.41) is 3.37. The van der Waals surface area contributed by atoms with Gasteiger partial charge in [-0.3, -0.25) is 0 Å². The zero-order valence-electron chi connectivity index (χ0n) is 12.6. The lowest BCUT2D eigenvalue weighted by molar-refractivity contribution is 0.185. The van der Waals surface area contributed by atoms with Crippen LogP contribution in [0, 0.1) is 10.5 Å². The van der Waals surface area contributed by atoms with Crippen LogP contribution in [0.4, 0.5) is 5.82 Å². The van der Waals surface area contributed by atoms with Gasteiger partial charge in [-0.05, 0) is 47.6 Å². The van der Waals surface area contributed by atoms with Gasteiger partial charge in [-0.2, -0.15) is 0 Å². The summed E-state index contributed by atoms with van der Waals surface area (Å²) >= 11 is 2.29. The fourth-order valence-corrected chi connectivity index (χ4v) is 2.45. The number of anilines is 1. The molecule has 0 saturated heterocycles. The Labute approximate surface area is 139 Å². The van der Waals surface area contributed by atoms with E-state index in [-0.39, 0.29) is 0 Å². The number of nitrogens with one attached hydrogen (secondary N) is 1. The van der Waals surface area contributed by atoms with Gasteiger partial charge in [-0.15, -0.1) is 0 Å². The van der Waals surface area contributed by atoms with Crippen molar-refractivity contribution in [2.75, 3.05) is 19.0 Å². The quantitative estimate of drug-likeness (QED) is 0.748. The van der Waals surface area contributed by atoms with E-state index in [2.05, 4.69) is 50.9 Å². The first kappa shape index (κ1) is 16.2. The van der Waals surface area contributed by atoms with E-state index in [9.17, 15) is 0 Å². The molecule has 0 fully saturated rings. The molecule has 0 unspecified atom stereocenters. The first-order chi connectivity index (χ1) is 10.2. The van der Waals surface area contributed by atoms with Crippen molar-refractivity contribution < 1.29 is 4.74 Å². The Kier molecular flexibility index (Phi) is 5.93. The number of aromatic nitrogens is 2. The number of benzene rings is 1. The van der Waals surface area contributed by atoms with Crippen LogP contribution in [0.1, 0.15) is 24.6 Å². The fourth-order valence-electron chi connectivity index (χ4n) is 2.02. The molecule has 1 aromatic heterocycles. The Balaban J connectivity index is 2.39. The fraction of sp³-hybridized carbons (Fsp3) is 0.375. The first-order valence-electron chi connectivity index (χ1n) is 7.02. The molecule has 0 bridgehead atoms. The summed E-state index contributed by atoms with van der Waals surface area (Å²) in [5.41, 5.74) is 3.14. The summed E-state index contributed by atoms with van der Waals surface area (Å²) in [4.78, 5) is 9.29. The van der Waals surface area contributed by atoms with Crippen molar-refractivity contribution in [3.8, 4) is 11.4 Å². The van der Waals surface area contributed by atoms with Crippen molar-refractivity contribution >= 4 is 28.4 Å². The Morgan fingerprint density at radius 3 is 2.81 bits per heavy atom. The lowest BCUT2D eigenvalue weighted by atomic mass is 10.1. The number of halogens is 1. The molecule has 0 spiro atoms. The number of rotatable bonds is 6. The molecule has 2 rings (SSSR count). The van der Waals surface area contributed by atoms with Crippen molar-refractivity contribution in [3.05, 3.63) is 39.1 Å². The van der Waals surface area contributed by atoms with Crippen LogP contribution in [0.2, 0.25) is 0 Å². The van der Waals surface area contributed by atoms with Gasteiger partial charge >= 0.3 is 0 Å². The minimum Gasteiger partial charge on any atom is -0.380 e. The highest BCUT2D eigenvalue weighted by Gasteiger charge is 2.10. The van der Waals surface area contributed by atoms with Crippen molar-refractivity contribution in [3.63, 3.8) is 0 Å². The lowest BCUT2D eigenvalue weighted by Gasteiger charge is -2.11. The van der Waals surface area contributed by atoms with Gasteiger partial charge in [0.05, 0.1) is 15.9 Å². The summed E-state index contributed by atoms with van der Waals surface area (Å²) in [7, 11) is 1.70. The summed E-state index contributed by atoms with van der Waals surface area (Å²) in [6, 6.07) is 8.17. The van der Waals surface area contributed by atoms with E-state index in [0.717, 1.165) is 45.0 Å². The summed E-state index contributed by atoms with van der Waals surface area (Å²) < 4.78 is 6.27. The maximum Gasteiger partial charge on any atom is 0.161 e. The van der Waals surface area contributed by atoms with E-state index in [0.29, 0.717) is 6.61 Å². The average molecular weight is 397 g/mol. The third-order valence-electron chi connectivity index (χ3n) is 3.06. The molecular formula is C16H20IN3O. The SMILES string of the molecule is CCCNc1nc(-c2cccc(COC)c2)nc(C)c1I. The highest BCUT2D eigenvalue weighted by molar-refractivity contribution is 14.1. The van der Waals surface area contributed by atoms with Crippen molar-refractivity contribution in [2.24, 2.45) is 0 Å². The molecule has 112 valence electrons. The predicted octanol–water partition coefficient (Wildman–Crippen LogP) is 4.02. The lowest BCUT2D eigenvalue weighted by Crippen LogP contribution is -2.07. The van der Waals surface area contributed by atoms with Crippen LogP contribution in [-0.4, -0.2) is 23.6 Å². The molecule has 0 aliphatic heterocycles. The minimum atomic E-state index is 0.595. The van der Waals surface area contributed by atoms with E-state index in [1.807, 2.05) is 25.1 Å². The Morgan fingerprint density at radius 2 is 2.10 bits per heavy atom. The largest absolute Gasteiger partial charge is 0.380 e. The molecule has 1 aromatic carbocycles. The normalized spacial score (nSPS) is 10.7. The predicted molar refractivity (Wildman–Crippen MR) is 94.4 cm³/mol. The zero-order chi connectivity index (χ0) is 15.2. The first-order valence-corrected chi connectivity index (χ1v) is 8.09. The number of nitrogens with zero attached hydrogens (tertiary/aromatic N) is 2. The van der Waals surface area contributed by atoms with Gasteiger partial charge in [-0.25, -0.2) is 9.97 Å². The smallest absolute Gasteiger partial charge is 0.161 e. The monoisotopic (exact) mass is 397 g/mol. The molecule has 0 amide bonds. The standard InChI is InChI=1S/C16H20IN3O/c1-4-8-18-16-14(17)11(2)19-15(20-16)13-7-5-6-12(9-13)10-21-3/h5-7,9H,4,8,10H2,1-3H3,(H,18,19,20). The van der Waals surface area contributed by atoms with Gasteiger partial charge in [0.1, 0.15) is 5.82 Å². The molecule has 2 aromatic rings. The van der Waals surface area contributed by atoms with Crippen LogP contribution in [0.15, 0.2) is 24.3 Å². The highest BCUT2D eigenvalue weighted by Crippen LogP contribution is 2.24. The Morgan fingerprint density at radius 1 is 1.29 bits per heavy atom. The van der Waals surface area contributed by atoms with Gasteiger partial charge in [0, 0.05) is 19.2 Å². The molecule has 1 N–H and O–H groups in total. The second-order valence-corrected chi connectivity index (χ2v) is 5.93. The highest BCUT2D eigenvalue weighted by atomic mass is 127. The van der Waals surface area contributed by atoms with Crippen LogP contribution in [0.25, 0.3) is 11.4 Å². The number of ether oxygens (including phenoxy) is 1. The molecular weight excluding hydrogens is 377 g/mol. The minimum absolute atomic E-state index is 0.595. The van der Waals surface area contributed by atoms with E-state index in [1.165, 1.54) is 0 Å². The van der Waals surface area contributed by atoms with E-state index >= 15 is 0 Å². The van der Waals surface area contributed by atoms with E-state index in [4.69, 9.17) is 4.74 Å². The number of methoxy groups -OCH3 is 1. The maximum absolute atomic E-state index is 5.18. The molecule has 0 aliphatic carbocycles. The molecule has 0 atom stereocenters. The summed E-state index contributed by atoms with van der Waals surface area (Å²) in [5.74, 6) is 1.67. The molecule has 5 heteroatoms. The van der Waals surface area contributed by atoms with E-state index in [1.54, 1.807) is 7.11 Å². The van der Waals surface area contributed by atoms with Crippen LogP contribution in [0.3, 0.4) is 0 Å². The van der Waals surface area contributed by atoms with Gasteiger partial charge in [-0.1, -0.05) is 25.1 Å². The van der Waals surface area contributed by atoms with Gasteiger partial charge < -0.3 is 10.1 Å². The third-order valence-corrected chi connectivity index (χ3v) is 4.35. The van der Waals surface area contributed by atoms with Crippen LogP contribution >= 0.6 is 22.6 Å². The average Bonchev–Trinajstić information content (AvgIpc) is 2.49. The molecule has 4 nitrogen and oxygen atoms in total. The molecule has 0 radical (unpaired) electrons. The summed E-state index contributed by atoms with van der Waals surface area (Å²) in [6.45, 7) is 5.67. The topological polar surface area (TPSA) is 47.0 Å². The maximum atomic E-state index is 5.18. The van der Waals surface area contributed by atoms with Crippen molar-refractivity contribution in [2.45, 2.75) is 26.9 Å². The Hall–Kier alpha value is -1.21. The number of hydrogen-bond acceptors (Lipinski definition) is 4. The number of aryl methyl sites for hydroxylation is 1. The molecule has 1 heterocycles. The molecule has 0 saturated carbocycles.